The van der Waals surface area contributed by atoms with Crippen molar-refractivity contribution in [1.29, 1.82) is 0 Å². The Labute approximate surface area is 192 Å². The quantitative estimate of drug-likeness (QED) is 0.166. The van der Waals surface area contributed by atoms with Gasteiger partial charge < -0.3 is 14.0 Å². The van der Waals surface area contributed by atoms with Crippen LogP contribution in [0.3, 0.4) is 0 Å². The maximum atomic E-state index is 14.2. The van der Waals surface area contributed by atoms with E-state index in [0.717, 1.165) is 0 Å². The molecular formula is C22H20F5N2O4P. The fraction of sp³-hybridized carbons (Fsp3) is 0.182. The average Bonchev–Trinajstić information content (AvgIpc) is 2.87. The summed E-state index contributed by atoms with van der Waals surface area (Å²) >= 11 is 0. The van der Waals surface area contributed by atoms with E-state index >= 15 is 0 Å². The predicted octanol–water partition coefficient (Wildman–Crippen LogP) is 5.47. The molecule has 0 heterocycles. The van der Waals surface area contributed by atoms with Gasteiger partial charge in [-0.2, -0.15) is 8.78 Å². The Hall–Kier alpha value is -3.14. The standard InChI is InChI=1S/C22H20F5N2O4P/c1-31-15-7-3-13(4-8-15)11-28-34(30,29-12-14-5-9-16(32-2)10-6-14)33-22-20(26)18(24)17(23)19(25)21(22)27/h3-10H,11-12H2,1-2H3,(H2,28,29,30). The molecule has 3 aromatic carbocycles. The minimum absolute atomic E-state index is 0.133. The largest absolute Gasteiger partial charge is 0.497 e. The average molecular weight is 502 g/mol. The van der Waals surface area contributed by atoms with Gasteiger partial charge in [0.25, 0.3) is 0 Å². The Morgan fingerprint density at radius 3 is 1.35 bits per heavy atom. The van der Waals surface area contributed by atoms with E-state index in [2.05, 4.69) is 10.2 Å². The molecule has 0 spiro atoms. The van der Waals surface area contributed by atoms with E-state index in [1.165, 1.54) is 14.2 Å². The highest BCUT2D eigenvalue weighted by atomic mass is 31.2. The van der Waals surface area contributed by atoms with E-state index in [1.807, 2.05) is 0 Å². The maximum Gasteiger partial charge on any atom is 0.391 e. The molecule has 0 aliphatic rings. The summed E-state index contributed by atoms with van der Waals surface area (Å²) in [5, 5.41) is 4.97. The molecule has 0 bridgehead atoms. The van der Waals surface area contributed by atoms with Crippen molar-refractivity contribution in [2.45, 2.75) is 13.1 Å². The third-order valence-electron chi connectivity index (χ3n) is 4.69. The van der Waals surface area contributed by atoms with Crippen LogP contribution in [0.15, 0.2) is 48.5 Å². The number of methoxy groups -OCH3 is 2. The highest BCUT2D eigenvalue weighted by Crippen LogP contribution is 2.43. The fourth-order valence-electron chi connectivity index (χ4n) is 2.79. The number of benzene rings is 3. The molecule has 0 saturated heterocycles. The lowest BCUT2D eigenvalue weighted by atomic mass is 10.2. The zero-order chi connectivity index (χ0) is 24.9. The lowest BCUT2D eigenvalue weighted by molar-refractivity contribution is 0.341. The van der Waals surface area contributed by atoms with E-state index in [9.17, 15) is 26.5 Å². The van der Waals surface area contributed by atoms with Gasteiger partial charge in [0, 0.05) is 13.1 Å². The molecule has 182 valence electrons. The van der Waals surface area contributed by atoms with E-state index in [4.69, 9.17) is 14.0 Å². The predicted molar refractivity (Wildman–Crippen MR) is 114 cm³/mol. The number of nitrogens with one attached hydrogen (secondary N) is 2. The number of rotatable bonds is 10. The first-order chi connectivity index (χ1) is 16.2. The van der Waals surface area contributed by atoms with Gasteiger partial charge >= 0.3 is 7.67 Å². The second-order valence-electron chi connectivity index (χ2n) is 6.91. The zero-order valence-corrected chi connectivity index (χ0v) is 18.9. The molecule has 0 saturated carbocycles. The molecule has 0 amide bonds. The van der Waals surface area contributed by atoms with Gasteiger partial charge in [-0.15, -0.1) is 0 Å². The Morgan fingerprint density at radius 1 is 0.647 bits per heavy atom. The van der Waals surface area contributed by atoms with Crippen molar-refractivity contribution >= 4 is 7.67 Å². The van der Waals surface area contributed by atoms with Crippen molar-refractivity contribution in [2.24, 2.45) is 0 Å². The molecule has 0 aliphatic heterocycles. The van der Waals surface area contributed by atoms with Crippen LogP contribution in [0.1, 0.15) is 11.1 Å². The second-order valence-corrected chi connectivity index (χ2v) is 8.83. The van der Waals surface area contributed by atoms with Gasteiger partial charge in [0.05, 0.1) is 14.2 Å². The number of halogens is 5. The van der Waals surface area contributed by atoms with E-state index < -0.39 is 42.5 Å². The van der Waals surface area contributed by atoms with Crippen LogP contribution in [0.25, 0.3) is 0 Å². The maximum absolute atomic E-state index is 14.2. The summed E-state index contributed by atoms with van der Waals surface area (Å²) in [4.78, 5) is 0. The van der Waals surface area contributed by atoms with Crippen molar-refractivity contribution in [2.75, 3.05) is 14.2 Å². The van der Waals surface area contributed by atoms with Crippen molar-refractivity contribution in [3.63, 3.8) is 0 Å². The first-order valence-corrected chi connectivity index (χ1v) is 11.4. The van der Waals surface area contributed by atoms with Crippen molar-refractivity contribution in [3.8, 4) is 17.2 Å². The van der Waals surface area contributed by atoms with Gasteiger partial charge in [-0.3, -0.25) is 0 Å². The topological polar surface area (TPSA) is 68.8 Å². The van der Waals surface area contributed by atoms with E-state index in [0.29, 0.717) is 22.6 Å². The summed E-state index contributed by atoms with van der Waals surface area (Å²) in [6, 6.07) is 13.0. The number of hydrogen-bond donors (Lipinski definition) is 2. The highest BCUT2D eigenvalue weighted by Gasteiger charge is 2.33. The van der Waals surface area contributed by atoms with E-state index in [1.54, 1.807) is 48.5 Å². The SMILES string of the molecule is COc1ccc(CNP(=O)(NCc2ccc(OC)cc2)Oc2c(F)c(F)c(F)c(F)c2F)cc1. The van der Waals surface area contributed by atoms with Gasteiger partial charge in [-0.05, 0) is 35.4 Å². The molecule has 34 heavy (non-hydrogen) atoms. The summed E-state index contributed by atoms with van der Waals surface area (Å²) < 4.78 is 97.4. The van der Waals surface area contributed by atoms with Crippen LogP contribution in [-0.2, 0) is 17.7 Å². The van der Waals surface area contributed by atoms with Gasteiger partial charge in [-0.25, -0.2) is 27.9 Å². The van der Waals surface area contributed by atoms with Crippen LogP contribution in [0.2, 0.25) is 0 Å². The fourth-order valence-corrected chi connectivity index (χ4v) is 4.23. The third kappa shape index (κ3) is 5.85. The minimum atomic E-state index is -4.42. The molecule has 3 rings (SSSR count). The molecule has 2 N–H and O–H groups in total. The number of hydrogen-bond acceptors (Lipinski definition) is 4. The highest BCUT2D eigenvalue weighted by molar-refractivity contribution is 7.55. The molecule has 0 unspecified atom stereocenters. The normalized spacial score (nSPS) is 11.4. The molecule has 0 fully saturated rings. The van der Waals surface area contributed by atoms with Crippen LogP contribution < -0.4 is 24.2 Å². The molecule has 0 radical (unpaired) electrons. The summed E-state index contributed by atoms with van der Waals surface area (Å²) in [7, 11) is -1.47. The number of ether oxygens (including phenoxy) is 2. The lowest BCUT2D eigenvalue weighted by Gasteiger charge is -2.22. The first kappa shape index (κ1) is 25.5. The van der Waals surface area contributed by atoms with Gasteiger partial charge in [0.2, 0.25) is 34.8 Å². The molecule has 0 atom stereocenters. The Kier molecular flexibility index (Phi) is 8.14. The molecule has 0 aromatic heterocycles. The lowest BCUT2D eigenvalue weighted by Crippen LogP contribution is -2.26. The minimum Gasteiger partial charge on any atom is -0.497 e. The van der Waals surface area contributed by atoms with Crippen molar-refractivity contribution in [3.05, 3.63) is 88.7 Å². The third-order valence-corrected chi connectivity index (χ3v) is 6.28. The Bertz CT molecular complexity index is 1110. The summed E-state index contributed by atoms with van der Waals surface area (Å²) in [5.74, 6) is -11.8. The smallest absolute Gasteiger partial charge is 0.391 e. The van der Waals surface area contributed by atoms with Crippen LogP contribution >= 0.6 is 7.67 Å². The van der Waals surface area contributed by atoms with Crippen LogP contribution in [-0.4, -0.2) is 14.2 Å². The van der Waals surface area contributed by atoms with Crippen molar-refractivity contribution < 1.29 is 40.5 Å². The van der Waals surface area contributed by atoms with Gasteiger partial charge in [-0.1, -0.05) is 24.3 Å². The van der Waals surface area contributed by atoms with E-state index in [-0.39, 0.29) is 13.1 Å². The Balaban J connectivity index is 1.88. The molecule has 6 nitrogen and oxygen atoms in total. The summed E-state index contributed by atoms with van der Waals surface area (Å²) in [6.07, 6.45) is 0. The van der Waals surface area contributed by atoms with Gasteiger partial charge in [0.1, 0.15) is 11.5 Å². The molecule has 0 aliphatic carbocycles. The summed E-state index contributed by atoms with van der Waals surface area (Å²) in [5.41, 5.74) is 1.15. The monoisotopic (exact) mass is 502 g/mol. The molecule has 3 aromatic rings. The van der Waals surface area contributed by atoms with Crippen molar-refractivity contribution in [1.82, 2.24) is 10.2 Å². The second kappa shape index (κ2) is 10.9. The van der Waals surface area contributed by atoms with Crippen LogP contribution in [0, 0.1) is 29.1 Å². The van der Waals surface area contributed by atoms with Gasteiger partial charge in [0.15, 0.2) is 0 Å². The summed E-state index contributed by atoms with van der Waals surface area (Å²) in [6.45, 7) is -0.265. The Morgan fingerprint density at radius 2 is 1.00 bits per heavy atom. The molecule has 12 heteroatoms. The van der Waals surface area contributed by atoms with Crippen LogP contribution in [0.4, 0.5) is 22.0 Å². The molecular weight excluding hydrogens is 482 g/mol. The first-order valence-electron chi connectivity index (χ1n) is 9.74. The van der Waals surface area contributed by atoms with Crippen LogP contribution in [0.5, 0.6) is 17.2 Å². The zero-order valence-electron chi connectivity index (χ0n) is 18.0.